The molecule has 24 heavy (non-hydrogen) atoms. The van der Waals surface area contributed by atoms with Crippen molar-refractivity contribution >= 4 is 17.4 Å². The van der Waals surface area contributed by atoms with E-state index in [9.17, 15) is 9.50 Å². The van der Waals surface area contributed by atoms with Gasteiger partial charge in [0, 0.05) is 43.7 Å². The highest BCUT2D eigenvalue weighted by atomic mass is 35.5. The Kier molecular flexibility index (Phi) is 3.94. The van der Waals surface area contributed by atoms with Gasteiger partial charge in [-0.3, -0.25) is 0 Å². The molecule has 1 saturated carbocycles. The van der Waals surface area contributed by atoms with Gasteiger partial charge in [0.2, 0.25) is 5.95 Å². The highest BCUT2D eigenvalue weighted by Gasteiger charge is 2.49. The van der Waals surface area contributed by atoms with Crippen molar-refractivity contribution in [3.8, 4) is 0 Å². The van der Waals surface area contributed by atoms with Gasteiger partial charge in [0.05, 0.1) is 16.7 Å². The number of amidine groups is 1. The smallest absolute Gasteiger partial charge is 0.213 e. The zero-order valence-corrected chi connectivity index (χ0v) is 13.8. The molecule has 0 radical (unpaired) electrons. The van der Waals surface area contributed by atoms with Gasteiger partial charge in [-0.2, -0.15) is 4.39 Å². The Labute approximate surface area is 144 Å². The summed E-state index contributed by atoms with van der Waals surface area (Å²) >= 11 is 6.33. The van der Waals surface area contributed by atoms with Gasteiger partial charge in [-0.15, -0.1) is 0 Å². The van der Waals surface area contributed by atoms with Crippen LogP contribution < -0.4 is 10.6 Å². The van der Waals surface area contributed by atoms with Crippen molar-refractivity contribution in [1.29, 1.82) is 0 Å². The Morgan fingerprint density at radius 2 is 2.25 bits per heavy atom. The maximum Gasteiger partial charge on any atom is 0.213 e. The number of nitrogens with one attached hydrogen (secondary N) is 2. The Balaban J connectivity index is 1.56. The number of aromatic nitrogens is 1. The van der Waals surface area contributed by atoms with Crippen LogP contribution in [0, 0.1) is 5.95 Å². The first-order chi connectivity index (χ1) is 11.5. The van der Waals surface area contributed by atoms with Crippen molar-refractivity contribution in [2.75, 3.05) is 19.6 Å². The fourth-order valence-electron chi connectivity index (χ4n) is 3.21. The van der Waals surface area contributed by atoms with E-state index in [1.807, 2.05) is 0 Å². The minimum atomic E-state index is -0.601. The molecule has 1 unspecified atom stereocenters. The molecule has 0 amide bonds. The normalized spacial score (nSPS) is 28.7. The van der Waals surface area contributed by atoms with Crippen LogP contribution in [0.1, 0.15) is 24.6 Å². The summed E-state index contributed by atoms with van der Waals surface area (Å²) < 4.78 is 13.4. The molecule has 1 aromatic heterocycles. The van der Waals surface area contributed by atoms with Crippen LogP contribution in [0.15, 0.2) is 34.6 Å². The lowest BCUT2D eigenvalue weighted by Crippen LogP contribution is -2.58. The number of piperazine rings is 1. The number of aliphatic hydroxyl groups is 1. The van der Waals surface area contributed by atoms with E-state index in [1.165, 1.54) is 12.3 Å². The van der Waals surface area contributed by atoms with Gasteiger partial charge in [-0.05, 0) is 18.9 Å². The molecule has 128 valence electrons. The Bertz CT molecular complexity index is 705. The minimum Gasteiger partial charge on any atom is -0.388 e. The molecule has 1 saturated heterocycles. The third kappa shape index (κ3) is 2.99. The van der Waals surface area contributed by atoms with Gasteiger partial charge in [-0.25, -0.2) is 9.98 Å². The summed E-state index contributed by atoms with van der Waals surface area (Å²) in [5.41, 5.74) is 0.0867. The molecule has 2 aliphatic heterocycles. The molecule has 1 aliphatic carbocycles. The molecule has 8 heteroatoms. The summed E-state index contributed by atoms with van der Waals surface area (Å²) in [4.78, 5) is 10.3. The van der Waals surface area contributed by atoms with Gasteiger partial charge in [0.15, 0.2) is 0 Å². The van der Waals surface area contributed by atoms with E-state index >= 15 is 0 Å². The van der Waals surface area contributed by atoms with Gasteiger partial charge in [-0.1, -0.05) is 11.6 Å². The quantitative estimate of drug-likeness (QED) is 0.696. The molecular weight excluding hydrogens is 333 g/mol. The number of hydrogen-bond donors (Lipinski definition) is 3. The molecule has 2 fully saturated rings. The predicted octanol–water partition coefficient (Wildman–Crippen LogP) is 1.10. The van der Waals surface area contributed by atoms with Crippen molar-refractivity contribution in [1.82, 2.24) is 20.5 Å². The monoisotopic (exact) mass is 351 g/mol. The van der Waals surface area contributed by atoms with E-state index in [0.717, 1.165) is 25.9 Å². The fourth-order valence-corrected chi connectivity index (χ4v) is 3.44. The number of nitrogens with zero attached hydrogens (tertiary/aromatic N) is 3. The van der Waals surface area contributed by atoms with Gasteiger partial charge >= 0.3 is 0 Å². The zero-order chi connectivity index (χ0) is 16.7. The van der Waals surface area contributed by atoms with E-state index < -0.39 is 17.7 Å². The summed E-state index contributed by atoms with van der Waals surface area (Å²) in [7, 11) is 0. The lowest BCUT2D eigenvalue weighted by molar-refractivity contribution is 0.0776. The maximum absolute atomic E-state index is 13.4. The van der Waals surface area contributed by atoms with Crippen LogP contribution in [0.4, 0.5) is 4.39 Å². The molecule has 4 rings (SSSR count). The third-order valence-corrected chi connectivity index (χ3v) is 5.06. The zero-order valence-electron chi connectivity index (χ0n) is 13.0. The second-order valence-corrected chi connectivity index (χ2v) is 6.89. The number of halogens is 2. The summed E-state index contributed by atoms with van der Waals surface area (Å²) in [5, 5.41) is 17.3. The SMILES string of the molecule is OC1([C@@H]2CN(C3=NC(c4ccnc(F)c4)NC=C3Cl)CCN2)CC1. The summed E-state index contributed by atoms with van der Waals surface area (Å²) in [6.07, 6.45) is 4.36. The van der Waals surface area contributed by atoms with Crippen molar-refractivity contribution < 1.29 is 9.50 Å². The standard InChI is InChI=1S/C16H19ClFN5O/c17-11-8-21-14(10-1-4-20-13(18)7-10)22-15(11)23-6-5-19-12(9-23)16(24)2-3-16/h1,4,7-8,12,14,19,21,24H,2-3,5-6,9H2/t12-,14?/m0/s1. The highest BCUT2D eigenvalue weighted by Crippen LogP contribution is 2.39. The van der Waals surface area contributed by atoms with Crippen molar-refractivity contribution in [3.63, 3.8) is 0 Å². The maximum atomic E-state index is 13.4. The summed E-state index contributed by atoms with van der Waals surface area (Å²) in [6, 6.07) is 3.10. The predicted molar refractivity (Wildman–Crippen MR) is 89.0 cm³/mol. The molecule has 3 N–H and O–H groups in total. The first-order valence-electron chi connectivity index (χ1n) is 8.07. The molecular formula is C16H19ClFN5O. The molecule has 0 spiro atoms. The van der Waals surface area contributed by atoms with Crippen molar-refractivity contribution in [2.24, 2.45) is 4.99 Å². The van der Waals surface area contributed by atoms with Crippen LogP contribution >= 0.6 is 11.6 Å². The molecule has 0 aromatic carbocycles. The van der Waals surface area contributed by atoms with Gasteiger partial charge < -0.3 is 20.6 Å². The molecule has 1 aromatic rings. The largest absolute Gasteiger partial charge is 0.388 e. The van der Waals surface area contributed by atoms with Crippen molar-refractivity contribution in [3.05, 3.63) is 41.1 Å². The van der Waals surface area contributed by atoms with Crippen LogP contribution in [0.25, 0.3) is 0 Å². The molecule has 3 aliphatic rings. The van der Waals surface area contributed by atoms with Crippen LogP contribution in [0.5, 0.6) is 0 Å². The van der Waals surface area contributed by atoms with E-state index in [0.29, 0.717) is 23.0 Å². The summed E-state index contributed by atoms with van der Waals surface area (Å²) in [6.45, 7) is 2.17. The molecule has 0 bridgehead atoms. The first-order valence-corrected chi connectivity index (χ1v) is 8.45. The second-order valence-electron chi connectivity index (χ2n) is 6.48. The van der Waals surface area contributed by atoms with Gasteiger partial charge in [0.25, 0.3) is 0 Å². The first kappa shape index (κ1) is 15.8. The van der Waals surface area contributed by atoms with E-state index in [-0.39, 0.29) is 6.04 Å². The fraction of sp³-hybridized carbons (Fsp3) is 0.500. The second kappa shape index (κ2) is 5.98. The average Bonchev–Trinajstić information content (AvgIpc) is 3.34. The lowest BCUT2D eigenvalue weighted by Gasteiger charge is -2.39. The van der Waals surface area contributed by atoms with E-state index in [2.05, 4.69) is 25.5 Å². The number of hydrogen-bond acceptors (Lipinski definition) is 6. The Hall–Kier alpha value is -1.70. The number of rotatable bonds is 2. The molecule has 3 heterocycles. The topological polar surface area (TPSA) is 72.8 Å². The summed E-state index contributed by atoms with van der Waals surface area (Å²) in [5.74, 6) is 0.137. The number of aliphatic imine (C=N–C) groups is 1. The Morgan fingerprint density at radius 1 is 1.42 bits per heavy atom. The number of pyridine rings is 1. The van der Waals surface area contributed by atoms with Crippen LogP contribution in [0.3, 0.4) is 0 Å². The third-order valence-electron chi connectivity index (χ3n) is 4.79. The molecule has 6 nitrogen and oxygen atoms in total. The van der Waals surface area contributed by atoms with Crippen LogP contribution in [-0.4, -0.2) is 52.1 Å². The van der Waals surface area contributed by atoms with Crippen LogP contribution in [-0.2, 0) is 0 Å². The Morgan fingerprint density at radius 3 is 3.00 bits per heavy atom. The van der Waals surface area contributed by atoms with Crippen molar-refractivity contribution in [2.45, 2.75) is 30.7 Å². The van der Waals surface area contributed by atoms with E-state index in [1.54, 1.807) is 12.3 Å². The highest BCUT2D eigenvalue weighted by molar-refractivity contribution is 6.43. The van der Waals surface area contributed by atoms with Gasteiger partial charge in [0.1, 0.15) is 12.0 Å². The van der Waals surface area contributed by atoms with Crippen LogP contribution in [0.2, 0.25) is 0 Å². The average molecular weight is 352 g/mol. The van der Waals surface area contributed by atoms with E-state index in [4.69, 9.17) is 11.6 Å². The lowest BCUT2D eigenvalue weighted by atomic mass is 10.1. The molecule has 2 atom stereocenters. The minimum absolute atomic E-state index is 0.0186.